The number of aryl methyl sites for hydroxylation is 1. The molecule has 0 spiro atoms. The first-order valence-electron chi connectivity index (χ1n) is 6.09. The number of H-pyrrole nitrogens is 1. The lowest BCUT2D eigenvalue weighted by Gasteiger charge is -2.02. The molecule has 0 aliphatic rings. The maximum atomic E-state index is 13.6. The van der Waals surface area contributed by atoms with E-state index in [9.17, 15) is 4.39 Å². The average Bonchev–Trinajstić information content (AvgIpc) is 2.98. The second kappa shape index (κ2) is 5.03. The van der Waals surface area contributed by atoms with Gasteiger partial charge in [0, 0.05) is 12.5 Å². The number of oxazole rings is 1. The van der Waals surface area contributed by atoms with E-state index in [4.69, 9.17) is 28.2 Å². The Morgan fingerprint density at radius 1 is 1.50 bits per heavy atom. The van der Waals surface area contributed by atoms with Crippen LogP contribution in [0, 0.1) is 10.6 Å². The van der Waals surface area contributed by atoms with E-state index in [2.05, 4.69) is 9.97 Å². The molecule has 0 fully saturated rings. The molecule has 1 N–H and O–H groups in total. The maximum absolute atomic E-state index is 13.6. The summed E-state index contributed by atoms with van der Waals surface area (Å²) in [5, 5.41) is 0.0605. The van der Waals surface area contributed by atoms with Gasteiger partial charge in [0.2, 0.25) is 5.89 Å². The van der Waals surface area contributed by atoms with E-state index in [1.165, 1.54) is 12.1 Å². The van der Waals surface area contributed by atoms with Gasteiger partial charge in [-0.15, -0.1) is 0 Å². The van der Waals surface area contributed by atoms with Gasteiger partial charge >= 0.3 is 0 Å². The van der Waals surface area contributed by atoms with Crippen LogP contribution in [0.4, 0.5) is 4.39 Å². The van der Waals surface area contributed by atoms with Gasteiger partial charge in [0.25, 0.3) is 0 Å². The lowest BCUT2D eigenvalue weighted by molar-refractivity contribution is 0.447. The minimum absolute atomic E-state index is 0.0605. The van der Waals surface area contributed by atoms with Gasteiger partial charge in [0.05, 0.1) is 22.3 Å². The van der Waals surface area contributed by atoms with E-state index in [0.29, 0.717) is 28.2 Å². The van der Waals surface area contributed by atoms with E-state index < -0.39 is 5.82 Å². The summed E-state index contributed by atoms with van der Waals surface area (Å²) < 4.78 is 21.4. The fraction of sp³-hybridized carbons (Fsp3) is 0.231. The summed E-state index contributed by atoms with van der Waals surface area (Å²) in [5.74, 6) is 0.860. The molecular formula is C13H11ClFN3OS. The molecule has 0 atom stereocenters. The van der Waals surface area contributed by atoms with Gasteiger partial charge in [-0.2, -0.15) is 0 Å². The number of aromatic nitrogens is 3. The Kier molecular flexibility index (Phi) is 3.35. The molecule has 0 aliphatic heterocycles. The van der Waals surface area contributed by atoms with Crippen LogP contribution in [0.3, 0.4) is 0 Å². The molecule has 0 radical (unpaired) electrons. The van der Waals surface area contributed by atoms with Gasteiger partial charge in [-0.05, 0) is 18.3 Å². The first-order chi connectivity index (χ1) is 9.58. The molecule has 0 saturated heterocycles. The molecule has 2 aromatic heterocycles. The van der Waals surface area contributed by atoms with E-state index in [-0.39, 0.29) is 5.02 Å². The molecule has 0 amide bonds. The van der Waals surface area contributed by atoms with Gasteiger partial charge in [-0.25, -0.2) is 9.37 Å². The normalized spacial score (nSPS) is 11.3. The third kappa shape index (κ3) is 2.25. The third-order valence-corrected chi connectivity index (χ3v) is 3.67. The minimum Gasteiger partial charge on any atom is -0.444 e. The van der Waals surface area contributed by atoms with Crippen LogP contribution >= 0.6 is 23.8 Å². The summed E-state index contributed by atoms with van der Waals surface area (Å²) in [5.41, 5.74) is 1.32. The van der Waals surface area contributed by atoms with Crippen molar-refractivity contribution in [3.63, 3.8) is 0 Å². The second-order valence-electron chi connectivity index (χ2n) is 4.37. The Balaban J connectivity index is 2.08. The Morgan fingerprint density at radius 3 is 3.00 bits per heavy atom. The van der Waals surface area contributed by atoms with Gasteiger partial charge in [-0.3, -0.25) is 0 Å². The molecule has 0 saturated carbocycles. The van der Waals surface area contributed by atoms with Crippen molar-refractivity contribution in [2.45, 2.75) is 19.9 Å². The number of aromatic amines is 1. The number of rotatable bonds is 3. The fourth-order valence-electron chi connectivity index (χ4n) is 2.03. The molecule has 0 bridgehead atoms. The lowest BCUT2D eigenvalue weighted by atomic mass is 10.3. The fourth-order valence-corrected chi connectivity index (χ4v) is 2.47. The highest BCUT2D eigenvalue weighted by Gasteiger charge is 2.11. The summed E-state index contributed by atoms with van der Waals surface area (Å²) in [6.07, 6.45) is 2.46. The van der Waals surface area contributed by atoms with Gasteiger partial charge in [0.1, 0.15) is 18.1 Å². The Hall–Kier alpha value is -1.66. The molecule has 1 aromatic carbocycles. The zero-order valence-corrected chi connectivity index (χ0v) is 12.2. The average molecular weight is 312 g/mol. The Bertz CT molecular complexity index is 836. The summed E-state index contributed by atoms with van der Waals surface area (Å²) in [7, 11) is 0. The van der Waals surface area contributed by atoms with Crippen molar-refractivity contribution >= 4 is 34.9 Å². The monoisotopic (exact) mass is 311 g/mol. The van der Waals surface area contributed by atoms with Crippen molar-refractivity contribution < 1.29 is 8.81 Å². The quantitative estimate of drug-likeness (QED) is 0.741. The second-order valence-corrected chi connectivity index (χ2v) is 5.17. The number of fused-ring (bicyclic) bond motifs is 1. The lowest BCUT2D eigenvalue weighted by Crippen LogP contribution is -2.00. The predicted octanol–water partition coefficient (Wildman–Crippen LogP) is 4.09. The molecule has 104 valence electrons. The largest absolute Gasteiger partial charge is 0.444 e. The molecular weight excluding hydrogens is 301 g/mol. The highest BCUT2D eigenvalue weighted by atomic mass is 35.5. The van der Waals surface area contributed by atoms with Crippen molar-refractivity contribution in [1.29, 1.82) is 0 Å². The van der Waals surface area contributed by atoms with E-state index in [1.807, 2.05) is 6.92 Å². The van der Waals surface area contributed by atoms with Crippen molar-refractivity contribution in [2.75, 3.05) is 0 Å². The summed E-state index contributed by atoms with van der Waals surface area (Å²) in [6, 6.07) is 2.87. The third-order valence-electron chi connectivity index (χ3n) is 3.06. The first kappa shape index (κ1) is 13.3. The summed E-state index contributed by atoms with van der Waals surface area (Å²) in [6.45, 7) is 2.33. The van der Waals surface area contributed by atoms with Crippen LogP contribution in [0.25, 0.3) is 11.0 Å². The van der Waals surface area contributed by atoms with E-state index in [0.717, 1.165) is 12.2 Å². The highest BCUT2D eigenvalue weighted by molar-refractivity contribution is 7.71. The molecule has 0 unspecified atom stereocenters. The number of benzene rings is 1. The minimum atomic E-state index is -0.483. The van der Waals surface area contributed by atoms with Crippen LogP contribution < -0.4 is 0 Å². The van der Waals surface area contributed by atoms with Crippen molar-refractivity contribution in [3.8, 4) is 0 Å². The molecule has 3 rings (SSSR count). The van der Waals surface area contributed by atoms with Crippen LogP contribution in [0.15, 0.2) is 22.7 Å². The van der Waals surface area contributed by atoms with Gasteiger partial charge in [0.15, 0.2) is 4.77 Å². The van der Waals surface area contributed by atoms with Crippen LogP contribution in [-0.2, 0) is 13.0 Å². The van der Waals surface area contributed by atoms with E-state index in [1.54, 1.807) is 10.8 Å². The molecule has 3 aromatic rings. The van der Waals surface area contributed by atoms with E-state index >= 15 is 0 Å². The smallest absolute Gasteiger partial charge is 0.214 e. The topological polar surface area (TPSA) is 46.8 Å². The van der Waals surface area contributed by atoms with Crippen molar-refractivity contribution in [1.82, 2.24) is 14.5 Å². The van der Waals surface area contributed by atoms with Crippen molar-refractivity contribution in [2.24, 2.45) is 0 Å². The number of halogens is 2. The Labute approximate surface area is 124 Å². The summed E-state index contributed by atoms with van der Waals surface area (Å²) in [4.78, 5) is 7.18. The molecule has 0 aliphatic carbocycles. The number of hydrogen-bond acceptors (Lipinski definition) is 3. The predicted molar refractivity (Wildman–Crippen MR) is 77.1 cm³/mol. The number of imidazole rings is 1. The zero-order valence-electron chi connectivity index (χ0n) is 10.6. The number of nitrogens with zero attached hydrogens (tertiary/aromatic N) is 2. The number of hydrogen-bond donors (Lipinski definition) is 1. The maximum Gasteiger partial charge on any atom is 0.214 e. The van der Waals surface area contributed by atoms with Gasteiger partial charge < -0.3 is 14.0 Å². The Morgan fingerprint density at radius 2 is 2.30 bits per heavy atom. The van der Waals surface area contributed by atoms with Crippen LogP contribution in [0.1, 0.15) is 18.6 Å². The standard InChI is InChI=1S/C13H11ClFN3OS/c1-2-7-5-16-12(19-7)6-18-11-4-9(15)8(14)3-10(11)17-13(18)20/h3-5H,2,6H2,1H3,(H,17,20). The highest BCUT2D eigenvalue weighted by Crippen LogP contribution is 2.23. The van der Waals surface area contributed by atoms with Crippen LogP contribution in [0.5, 0.6) is 0 Å². The van der Waals surface area contributed by atoms with Crippen molar-refractivity contribution in [3.05, 3.63) is 45.6 Å². The first-order valence-corrected chi connectivity index (χ1v) is 6.88. The molecule has 20 heavy (non-hydrogen) atoms. The SMILES string of the molecule is CCc1cnc(Cn2c(=S)[nH]c3cc(Cl)c(F)cc32)o1. The van der Waals surface area contributed by atoms with Crippen LogP contribution in [-0.4, -0.2) is 14.5 Å². The molecule has 7 heteroatoms. The number of nitrogens with one attached hydrogen (secondary N) is 1. The molecule has 4 nitrogen and oxygen atoms in total. The molecule has 2 heterocycles. The van der Waals surface area contributed by atoms with Crippen LogP contribution in [0.2, 0.25) is 5.02 Å². The zero-order chi connectivity index (χ0) is 14.3. The summed E-state index contributed by atoms with van der Waals surface area (Å²) >= 11 is 11.0. The van der Waals surface area contributed by atoms with Gasteiger partial charge in [-0.1, -0.05) is 18.5 Å².